The van der Waals surface area contributed by atoms with Crippen LogP contribution < -0.4 is 0 Å². The van der Waals surface area contributed by atoms with E-state index in [-0.39, 0.29) is 12.6 Å². The molecule has 10 heavy (non-hydrogen) atoms. The number of hydrogen-bond acceptors (Lipinski definition) is 3. The van der Waals surface area contributed by atoms with Gasteiger partial charge in [0.1, 0.15) is 0 Å². The number of aliphatic hydroxyl groups is 1. The van der Waals surface area contributed by atoms with E-state index in [1.165, 1.54) is 7.11 Å². The van der Waals surface area contributed by atoms with E-state index in [1.807, 2.05) is 0 Å². The summed E-state index contributed by atoms with van der Waals surface area (Å²) in [5.41, 5.74) is 0. The second-order valence-electron chi connectivity index (χ2n) is 2.11. The van der Waals surface area contributed by atoms with Crippen LogP contribution in [0.4, 0.5) is 0 Å². The van der Waals surface area contributed by atoms with Gasteiger partial charge in [-0.2, -0.15) is 0 Å². The van der Waals surface area contributed by atoms with Crippen molar-refractivity contribution in [1.82, 2.24) is 0 Å². The van der Waals surface area contributed by atoms with Crippen molar-refractivity contribution in [2.75, 3.05) is 13.7 Å². The molecule has 0 aliphatic heterocycles. The minimum Gasteiger partial charge on any atom is -0.469 e. The lowest BCUT2D eigenvalue weighted by Crippen LogP contribution is -1.99. The van der Waals surface area contributed by atoms with Crippen LogP contribution in [-0.4, -0.2) is 24.8 Å². The van der Waals surface area contributed by atoms with E-state index in [0.717, 1.165) is 19.3 Å². The molecular weight excluding hydrogens is 132 g/mol. The highest BCUT2D eigenvalue weighted by Gasteiger charge is 1.97. The topological polar surface area (TPSA) is 46.5 Å². The van der Waals surface area contributed by atoms with E-state index in [9.17, 15) is 4.79 Å². The maximum Gasteiger partial charge on any atom is 0.305 e. The van der Waals surface area contributed by atoms with Gasteiger partial charge in [-0.25, -0.2) is 0 Å². The van der Waals surface area contributed by atoms with Crippen LogP contribution in [0.5, 0.6) is 0 Å². The number of unbranched alkanes of at least 4 members (excludes halogenated alkanes) is 2. The Hall–Kier alpha value is -0.570. The third kappa shape index (κ3) is 5.56. The lowest BCUT2D eigenvalue weighted by molar-refractivity contribution is -0.140. The van der Waals surface area contributed by atoms with Gasteiger partial charge in [0, 0.05) is 13.0 Å². The average molecular weight is 146 g/mol. The van der Waals surface area contributed by atoms with Gasteiger partial charge in [-0.05, 0) is 12.8 Å². The Kier molecular flexibility index (Phi) is 6.18. The van der Waals surface area contributed by atoms with Crippen molar-refractivity contribution < 1.29 is 14.6 Å². The Morgan fingerprint density at radius 2 is 2.10 bits per heavy atom. The third-order valence-electron chi connectivity index (χ3n) is 1.27. The zero-order chi connectivity index (χ0) is 7.82. The zero-order valence-corrected chi connectivity index (χ0v) is 6.30. The molecule has 0 fully saturated rings. The van der Waals surface area contributed by atoms with Gasteiger partial charge < -0.3 is 9.84 Å². The molecule has 0 aromatic heterocycles. The molecule has 0 bridgehead atoms. The van der Waals surface area contributed by atoms with Crippen LogP contribution in [0.15, 0.2) is 0 Å². The first-order valence-electron chi connectivity index (χ1n) is 3.49. The van der Waals surface area contributed by atoms with E-state index < -0.39 is 0 Å². The molecule has 0 saturated carbocycles. The summed E-state index contributed by atoms with van der Waals surface area (Å²) in [4.78, 5) is 10.5. The maximum absolute atomic E-state index is 10.5. The predicted molar refractivity (Wildman–Crippen MR) is 37.6 cm³/mol. The molecule has 0 spiro atoms. The lowest BCUT2D eigenvalue weighted by atomic mass is 10.2. The number of esters is 1. The minimum absolute atomic E-state index is 0.169. The van der Waals surface area contributed by atoms with Crippen molar-refractivity contribution in [1.29, 1.82) is 0 Å². The monoisotopic (exact) mass is 146 g/mol. The summed E-state index contributed by atoms with van der Waals surface area (Å²) in [5, 5.41) is 8.37. The summed E-state index contributed by atoms with van der Waals surface area (Å²) in [7, 11) is 1.38. The first-order chi connectivity index (χ1) is 4.81. The van der Waals surface area contributed by atoms with E-state index in [2.05, 4.69) is 4.74 Å². The Bertz CT molecular complexity index is 90.9. The highest BCUT2D eigenvalue weighted by molar-refractivity contribution is 5.68. The van der Waals surface area contributed by atoms with Gasteiger partial charge in [0.2, 0.25) is 0 Å². The summed E-state index contributed by atoms with van der Waals surface area (Å²) in [5.74, 6) is -0.169. The van der Waals surface area contributed by atoms with Crippen molar-refractivity contribution in [3.63, 3.8) is 0 Å². The molecule has 3 heteroatoms. The molecule has 0 unspecified atom stereocenters. The summed E-state index contributed by atoms with van der Waals surface area (Å²) in [6.45, 7) is 0.209. The second-order valence-corrected chi connectivity index (χ2v) is 2.11. The fourth-order valence-corrected chi connectivity index (χ4v) is 0.660. The van der Waals surface area contributed by atoms with Gasteiger partial charge in [-0.1, -0.05) is 6.42 Å². The zero-order valence-electron chi connectivity index (χ0n) is 6.30. The van der Waals surface area contributed by atoms with Crippen LogP contribution in [0.25, 0.3) is 0 Å². The van der Waals surface area contributed by atoms with Crippen LogP contribution in [0.2, 0.25) is 0 Å². The average Bonchev–Trinajstić information content (AvgIpc) is 1.98. The number of hydrogen-bond donors (Lipinski definition) is 1. The predicted octanol–water partition coefficient (Wildman–Crippen LogP) is 0.712. The van der Waals surface area contributed by atoms with Crippen LogP contribution in [0.1, 0.15) is 25.7 Å². The number of aliphatic hydroxyl groups excluding tert-OH is 1. The highest BCUT2D eigenvalue weighted by atomic mass is 16.5. The Labute approximate surface area is 61.0 Å². The smallest absolute Gasteiger partial charge is 0.305 e. The van der Waals surface area contributed by atoms with E-state index in [4.69, 9.17) is 5.11 Å². The SMILES string of the molecule is COC(=O)CCCCCO. The van der Waals surface area contributed by atoms with Crippen LogP contribution in [-0.2, 0) is 9.53 Å². The van der Waals surface area contributed by atoms with E-state index >= 15 is 0 Å². The number of carbonyl (C=O) groups excluding carboxylic acids is 1. The first kappa shape index (κ1) is 9.43. The van der Waals surface area contributed by atoms with Crippen molar-refractivity contribution in [3.8, 4) is 0 Å². The standard InChI is InChI=1S/C7H14O3/c1-10-7(9)5-3-2-4-6-8/h8H,2-6H2,1H3. The minimum atomic E-state index is -0.169. The molecule has 0 aromatic carbocycles. The number of carbonyl (C=O) groups is 1. The van der Waals surface area contributed by atoms with Gasteiger partial charge in [0.25, 0.3) is 0 Å². The molecule has 0 rings (SSSR count). The molecule has 0 saturated heterocycles. The van der Waals surface area contributed by atoms with Crippen molar-refractivity contribution in [2.24, 2.45) is 0 Å². The maximum atomic E-state index is 10.5. The molecule has 0 atom stereocenters. The van der Waals surface area contributed by atoms with Gasteiger partial charge in [-0.3, -0.25) is 4.79 Å². The summed E-state index contributed by atoms with van der Waals surface area (Å²) >= 11 is 0. The summed E-state index contributed by atoms with van der Waals surface area (Å²) < 4.78 is 4.43. The molecule has 0 aliphatic carbocycles. The third-order valence-corrected chi connectivity index (χ3v) is 1.27. The largest absolute Gasteiger partial charge is 0.469 e. The number of ether oxygens (including phenoxy) is 1. The fraction of sp³-hybridized carbons (Fsp3) is 0.857. The van der Waals surface area contributed by atoms with Gasteiger partial charge in [0.05, 0.1) is 7.11 Å². The van der Waals surface area contributed by atoms with Crippen LogP contribution in [0.3, 0.4) is 0 Å². The summed E-state index contributed by atoms with van der Waals surface area (Å²) in [6.07, 6.45) is 2.95. The molecule has 0 aromatic rings. The first-order valence-corrected chi connectivity index (χ1v) is 3.49. The van der Waals surface area contributed by atoms with Crippen LogP contribution >= 0.6 is 0 Å². The molecule has 60 valence electrons. The molecule has 1 N–H and O–H groups in total. The van der Waals surface area contributed by atoms with Crippen molar-refractivity contribution >= 4 is 5.97 Å². The van der Waals surface area contributed by atoms with Crippen molar-refractivity contribution in [2.45, 2.75) is 25.7 Å². The quantitative estimate of drug-likeness (QED) is 0.459. The fourth-order valence-electron chi connectivity index (χ4n) is 0.660. The Balaban J connectivity index is 2.96. The van der Waals surface area contributed by atoms with Gasteiger partial charge in [-0.15, -0.1) is 0 Å². The highest BCUT2D eigenvalue weighted by Crippen LogP contribution is 1.99. The van der Waals surface area contributed by atoms with Gasteiger partial charge in [0.15, 0.2) is 0 Å². The van der Waals surface area contributed by atoms with E-state index in [0.29, 0.717) is 6.42 Å². The number of rotatable bonds is 5. The van der Waals surface area contributed by atoms with Crippen LogP contribution in [0, 0.1) is 0 Å². The molecular formula is C7H14O3. The van der Waals surface area contributed by atoms with E-state index in [1.54, 1.807) is 0 Å². The molecule has 0 radical (unpaired) electrons. The summed E-state index contributed by atoms with van der Waals surface area (Å²) in [6, 6.07) is 0. The molecule has 0 amide bonds. The van der Waals surface area contributed by atoms with Gasteiger partial charge >= 0.3 is 5.97 Å². The lowest BCUT2D eigenvalue weighted by Gasteiger charge is -1.96. The normalized spacial score (nSPS) is 9.40. The Morgan fingerprint density at radius 1 is 1.40 bits per heavy atom. The van der Waals surface area contributed by atoms with Crippen molar-refractivity contribution in [3.05, 3.63) is 0 Å². The Morgan fingerprint density at radius 3 is 2.60 bits per heavy atom. The molecule has 3 nitrogen and oxygen atoms in total. The second kappa shape index (κ2) is 6.55. The molecule has 0 heterocycles. The molecule has 0 aliphatic rings. The number of methoxy groups -OCH3 is 1.